The van der Waals surface area contributed by atoms with Gasteiger partial charge in [-0.15, -0.1) is 0 Å². The van der Waals surface area contributed by atoms with Crippen molar-refractivity contribution in [2.45, 2.75) is 58.4 Å². The Labute approximate surface area is 89.0 Å². The highest BCUT2D eigenvalue weighted by molar-refractivity contribution is 4.86. The second-order valence-electron chi connectivity index (χ2n) is 4.76. The third kappa shape index (κ3) is 5.43. The fourth-order valence-electron chi connectivity index (χ4n) is 2.11. The molecule has 0 spiro atoms. The van der Waals surface area contributed by atoms with E-state index in [0.29, 0.717) is 6.04 Å². The summed E-state index contributed by atoms with van der Waals surface area (Å²) in [7, 11) is 0. The lowest BCUT2D eigenvalue weighted by molar-refractivity contribution is 0.555. The van der Waals surface area contributed by atoms with Crippen molar-refractivity contribution in [2.75, 3.05) is 6.54 Å². The summed E-state index contributed by atoms with van der Waals surface area (Å²) < 4.78 is 0. The molecule has 0 heterocycles. The Balaban J connectivity index is 1.92. The van der Waals surface area contributed by atoms with E-state index in [1.807, 2.05) is 0 Å². The third-order valence-corrected chi connectivity index (χ3v) is 2.97. The molecule has 1 aliphatic rings. The smallest absolute Gasteiger partial charge is 0.00105 e. The lowest BCUT2D eigenvalue weighted by Crippen LogP contribution is -2.23. The second-order valence-corrected chi connectivity index (χ2v) is 4.76. The Morgan fingerprint density at radius 1 is 1.21 bits per heavy atom. The summed E-state index contributed by atoms with van der Waals surface area (Å²) >= 11 is 0. The molecule has 14 heavy (non-hydrogen) atoms. The second kappa shape index (κ2) is 7.05. The molecule has 1 rings (SSSR count). The molecule has 0 aromatic heterocycles. The van der Waals surface area contributed by atoms with Gasteiger partial charge in [0.15, 0.2) is 0 Å². The lowest BCUT2D eigenvalue weighted by Gasteiger charge is -2.05. The van der Waals surface area contributed by atoms with E-state index in [2.05, 4.69) is 31.3 Å². The van der Waals surface area contributed by atoms with Crippen LogP contribution in [0.5, 0.6) is 0 Å². The van der Waals surface area contributed by atoms with Gasteiger partial charge in [0.05, 0.1) is 0 Å². The Bertz CT molecular complexity index is 155. The Hall–Kier alpha value is -0.300. The lowest BCUT2D eigenvalue weighted by atomic mass is 10.0. The highest BCUT2D eigenvalue weighted by atomic mass is 14.9. The number of nitrogens with one attached hydrogen (secondary N) is 1. The van der Waals surface area contributed by atoms with Gasteiger partial charge >= 0.3 is 0 Å². The summed E-state index contributed by atoms with van der Waals surface area (Å²) in [4.78, 5) is 0. The van der Waals surface area contributed by atoms with Crippen LogP contribution in [0.25, 0.3) is 0 Å². The van der Waals surface area contributed by atoms with Crippen molar-refractivity contribution < 1.29 is 0 Å². The predicted molar refractivity (Wildman–Crippen MR) is 63.5 cm³/mol. The van der Waals surface area contributed by atoms with Crippen LogP contribution < -0.4 is 5.32 Å². The first-order valence-electron chi connectivity index (χ1n) is 6.17. The molecule has 1 fully saturated rings. The maximum atomic E-state index is 3.42. The molecule has 0 unspecified atom stereocenters. The SMILES string of the molecule is CC(C)NCCC=CCC1CCCC1. The zero-order chi connectivity index (χ0) is 10.2. The van der Waals surface area contributed by atoms with Crippen LogP contribution in [0.2, 0.25) is 0 Å². The maximum Gasteiger partial charge on any atom is 0.00105 e. The molecule has 0 bridgehead atoms. The van der Waals surface area contributed by atoms with Gasteiger partial charge in [0.2, 0.25) is 0 Å². The summed E-state index contributed by atoms with van der Waals surface area (Å²) in [5.74, 6) is 1.00. The van der Waals surface area contributed by atoms with Crippen molar-refractivity contribution in [3.05, 3.63) is 12.2 Å². The topological polar surface area (TPSA) is 12.0 Å². The van der Waals surface area contributed by atoms with Crippen molar-refractivity contribution >= 4 is 0 Å². The Morgan fingerprint density at radius 2 is 1.93 bits per heavy atom. The van der Waals surface area contributed by atoms with Gasteiger partial charge in [0.25, 0.3) is 0 Å². The molecule has 0 aromatic rings. The van der Waals surface area contributed by atoms with Gasteiger partial charge in [-0.25, -0.2) is 0 Å². The fourth-order valence-corrected chi connectivity index (χ4v) is 2.11. The highest BCUT2D eigenvalue weighted by Crippen LogP contribution is 2.27. The van der Waals surface area contributed by atoms with E-state index in [4.69, 9.17) is 0 Å². The first-order chi connectivity index (χ1) is 6.79. The zero-order valence-electron chi connectivity index (χ0n) is 9.76. The van der Waals surface area contributed by atoms with Crippen molar-refractivity contribution in [3.8, 4) is 0 Å². The molecule has 1 aliphatic carbocycles. The van der Waals surface area contributed by atoms with E-state index in [-0.39, 0.29) is 0 Å². The van der Waals surface area contributed by atoms with Gasteiger partial charge < -0.3 is 5.32 Å². The average Bonchev–Trinajstić information content (AvgIpc) is 2.63. The van der Waals surface area contributed by atoms with Crippen molar-refractivity contribution in [2.24, 2.45) is 5.92 Å². The quantitative estimate of drug-likeness (QED) is 0.505. The summed E-state index contributed by atoms with van der Waals surface area (Å²) in [5.41, 5.74) is 0. The number of allylic oxidation sites excluding steroid dienone is 1. The fraction of sp³-hybridized carbons (Fsp3) is 0.846. The minimum absolute atomic E-state index is 0.623. The van der Waals surface area contributed by atoms with Gasteiger partial charge in [-0.05, 0) is 25.3 Å². The average molecular weight is 195 g/mol. The molecule has 1 nitrogen and oxygen atoms in total. The van der Waals surface area contributed by atoms with Crippen LogP contribution in [0.1, 0.15) is 52.4 Å². The van der Waals surface area contributed by atoms with E-state index >= 15 is 0 Å². The van der Waals surface area contributed by atoms with Crippen molar-refractivity contribution in [3.63, 3.8) is 0 Å². The first kappa shape index (κ1) is 11.8. The van der Waals surface area contributed by atoms with Gasteiger partial charge in [-0.2, -0.15) is 0 Å². The third-order valence-electron chi connectivity index (χ3n) is 2.97. The summed E-state index contributed by atoms with van der Waals surface area (Å²) in [6.07, 6.45) is 13.1. The van der Waals surface area contributed by atoms with Gasteiger partial charge in [-0.1, -0.05) is 51.7 Å². The number of rotatable bonds is 6. The monoisotopic (exact) mass is 195 g/mol. The van der Waals surface area contributed by atoms with E-state index < -0.39 is 0 Å². The molecule has 1 N–H and O–H groups in total. The number of hydrogen-bond donors (Lipinski definition) is 1. The van der Waals surface area contributed by atoms with E-state index in [1.165, 1.54) is 38.5 Å². The van der Waals surface area contributed by atoms with Gasteiger partial charge in [-0.3, -0.25) is 0 Å². The van der Waals surface area contributed by atoms with Gasteiger partial charge in [0.1, 0.15) is 0 Å². The van der Waals surface area contributed by atoms with Crippen LogP contribution >= 0.6 is 0 Å². The van der Waals surface area contributed by atoms with Crippen molar-refractivity contribution in [1.29, 1.82) is 0 Å². The van der Waals surface area contributed by atoms with Gasteiger partial charge in [0, 0.05) is 6.04 Å². The normalized spacial score (nSPS) is 18.8. The zero-order valence-corrected chi connectivity index (χ0v) is 9.76. The van der Waals surface area contributed by atoms with Crippen LogP contribution in [-0.2, 0) is 0 Å². The van der Waals surface area contributed by atoms with E-state index in [0.717, 1.165) is 12.5 Å². The van der Waals surface area contributed by atoms with Crippen LogP contribution in [0.4, 0.5) is 0 Å². The summed E-state index contributed by atoms with van der Waals surface area (Å²) in [6, 6.07) is 0.623. The molecule has 1 heteroatoms. The molecule has 0 radical (unpaired) electrons. The van der Waals surface area contributed by atoms with Crippen LogP contribution in [0.15, 0.2) is 12.2 Å². The minimum Gasteiger partial charge on any atom is -0.314 e. The van der Waals surface area contributed by atoms with Crippen LogP contribution in [0, 0.1) is 5.92 Å². The first-order valence-corrected chi connectivity index (χ1v) is 6.17. The minimum atomic E-state index is 0.623. The molecular weight excluding hydrogens is 170 g/mol. The Morgan fingerprint density at radius 3 is 2.57 bits per heavy atom. The number of hydrogen-bond acceptors (Lipinski definition) is 1. The van der Waals surface area contributed by atoms with E-state index in [1.54, 1.807) is 0 Å². The maximum absolute atomic E-state index is 3.42. The largest absolute Gasteiger partial charge is 0.314 e. The molecule has 0 aromatic carbocycles. The van der Waals surface area contributed by atoms with Crippen molar-refractivity contribution in [1.82, 2.24) is 5.32 Å². The Kier molecular flexibility index (Phi) is 5.93. The van der Waals surface area contributed by atoms with E-state index in [9.17, 15) is 0 Å². The summed E-state index contributed by atoms with van der Waals surface area (Å²) in [6.45, 7) is 5.52. The highest BCUT2D eigenvalue weighted by Gasteiger charge is 2.12. The van der Waals surface area contributed by atoms with Crippen LogP contribution in [-0.4, -0.2) is 12.6 Å². The molecule has 1 saturated carbocycles. The molecule has 0 atom stereocenters. The standard InChI is InChI=1S/C13H25N/c1-12(2)14-11-7-3-4-8-13-9-5-6-10-13/h3-4,12-14H,5-11H2,1-2H3. The molecular formula is C13H25N. The molecule has 0 saturated heterocycles. The summed E-state index contributed by atoms with van der Waals surface area (Å²) in [5, 5.41) is 3.42. The molecule has 0 aliphatic heterocycles. The molecule has 82 valence electrons. The molecule has 0 amide bonds. The predicted octanol–water partition coefficient (Wildman–Crippen LogP) is 3.51. The van der Waals surface area contributed by atoms with Crippen LogP contribution in [0.3, 0.4) is 0 Å².